The maximum Gasteiger partial charge on any atom is 0.231 e. The van der Waals surface area contributed by atoms with E-state index in [9.17, 15) is 9.36 Å². The second kappa shape index (κ2) is 7.05. The van der Waals surface area contributed by atoms with Crippen molar-refractivity contribution in [3.63, 3.8) is 0 Å². The molecule has 1 atom stereocenters. The van der Waals surface area contributed by atoms with Crippen molar-refractivity contribution < 1.29 is 18.8 Å². The van der Waals surface area contributed by atoms with Crippen molar-refractivity contribution in [1.82, 2.24) is 0 Å². The third kappa shape index (κ3) is 3.07. The second-order valence-electron chi connectivity index (χ2n) is 6.44. The number of fused-ring (bicyclic) bond motifs is 1. The summed E-state index contributed by atoms with van der Waals surface area (Å²) in [6.07, 6.45) is 0. The lowest BCUT2D eigenvalue weighted by atomic mass is 10.1. The molecule has 0 fully saturated rings. The van der Waals surface area contributed by atoms with Crippen LogP contribution in [0.4, 0.5) is 0 Å². The van der Waals surface area contributed by atoms with Gasteiger partial charge < -0.3 is 14.0 Å². The van der Waals surface area contributed by atoms with Crippen molar-refractivity contribution in [2.45, 2.75) is 12.6 Å². The molecule has 3 aromatic rings. The summed E-state index contributed by atoms with van der Waals surface area (Å²) in [6.45, 7) is 1.89. The Labute approximate surface area is 158 Å². The molecule has 0 radical (unpaired) electrons. The average Bonchev–Trinajstić information content (AvgIpc) is 3.21. The molecule has 0 aliphatic carbocycles. The third-order valence-electron chi connectivity index (χ3n) is 4.86. The highest BCUT2D eigenvalue weighted by molar-refractivity contribution is 7.80. The van der Waals surface area contributed by atoms with E-state index in [4.69, 9.17) is 9.47 Å². The van der Waals surface area contributed by atoms with Crippen LogP contribution in [0.3, 0.4) is 0 Å². The Bertz CT molecular complexity index is 971. The Morgan fingerprint density at radius 1 is 0.852 bits per heavy atom. The molecule has 0 amide bonds. The van der Waals surface area contributed by atoms with E-state index in [2.05, 4.69) is 0 Å². The Balaban J connectivity index is 1.78. The molecule has 27 heavy (non-hydrogen) atoms. The van der Waals surface area contributed by atoms with E-state index in [0.717, 1.165) is 0 Å². The number of carbonyl (C=O) groups is 1. The largest absolute Gasteiger partial charge is 0.454 e. The molecule has 4 nitrogen and oxygen atoms in total. The van der Waals surface area contributed by atoms with Crippen LogP contribution in [0.25, 0.3) is 0 Å². The second-order valence-corrected chi connectivity index (χ2v) is 9.56. The molecule has 3 aromatic carbocycles. The van der Waals surface area contributed by atoms with Gasteiger partial charge in [-0.3, -0.25) is 4.79 Å². The standard InChI is InChI=1S/C22H19O4P/c1-16(22(23)17-12-13-20-21(14-17)26-15-25-20)27(24,18-8-4-2-5-9-18)19-10-6-3-7-11-19/h2-14,16H,15H2,1H3. The molecular formula is C22H19O4P. The number of ketones is 1. The van der Waals surface area contributed by atoms with Crippen molar-refractivity contribution in [2.24, 2.45) is 0 Å². The summed E-state index contributed by atoms with van der Waals surface area (Å²) in [7, 11) is -3.18. The minimum absolute atomic E-state index is 0.148. The third-order valence-corrected chi connectivity index (χ3v) is 8.32. The van der Waals surface area contributed by atoms with Gasteiger partial charge in [-0.1, -0.05) is 60.7 Å². The molecule has 0 saturated carbocycles. The maximum absolute atomic E-state index is 14.3. The minimum Gasteiger partial charge on any atom is -0.454 e. The highest BCUT2D eigenvalue weighted by Crippen LogP contribution is 2.49. The monoisotopic (exact) mass is 378 g/mol. The normalized spacial score (nSPS) is 14.0. The number of Topliss-reactive ketones (excluding diaryl/α,β-unsaturated/α-hetero) is 1. The molecule has 1 aliphatic heterocycles. The first kappa shape index (κ1) is 17.6. The zero-order valence-corrected chi connectivity index (χ0v) is 15.8. The average molecular weight is 378 g/mol. The van der Waals surface area contributed by atoms with E-state index in [-0.39, 0.29) is 12.6 Å². The van der Waals surface area contributed by atoms with Crippen molar-refractivity contribution in [3.8, 4) is 11.5 Å². The van der Waals surface area contributed by atoms with E-state index in [1.807, 2.05) is 60.7 Å². The molecule has 5 heteroatoms. The number of carbonyl (C=O) groups excluding carboxylic acids is 1. The van der Waals surface area contributed by atoms with Gasteiger partial charge in [-0.15, -0.1) is 0 Å². The van der Waals surface area contributed by atoms with E-state index in [1.54, 1.807) is 25.1 Å². The van der Waals surface area contributed by atoms with Crippen LogP contribution in [-0.2, 0) is 4.57 Å². The summed E-state index contributed by atoms with van der Waals surface area (Å²) in [4.78, 5) is 13.3. The highest BCUT2D eigenvalue weighted by Gasteiger charge is 2.38. The SMILES string of the molecule is CC(C(=O)c1ccc2c(c1)OCO2)P(=O)(c1ccccc1)c1ccccc1. The van der Waals surface area contributed by atoms with E-state index >= 15 is 0 Å². The summed E-state index contributed by atoms with van der Waals surface area (Å²) in [6, 6.07) is 23.6. The zero-order chi connectivity index (χ0) is 18.9. The molecule has 1 aliphatic rings. The summed E-state index contributed by atoms with van der Waals surface area (Å²) < 4.78 is 25.0. The Morgan fingerprint density at radius 3 is 2.00 bits per heavy atom. The molecule has 0 N–H and O–H groups in total. The molecule has 0 spiro atoms. The van der Waals surface area contributed by atoms with Gasteiger partial charge in [0, 0.05) is 16.2 Å². The Hall–Kier alpha value is -2.84. The molecule has 136 valence electrons. The van der Waals surface area contributed by atoms with Gasteiger partial charge in [0.1, 0.15) is 0 Å². The Morgan fingerprint density at radius 2 is 1.41 bits per heavy atom. The fourth-order valence-corrected chi connectivity index (χ4v) is 6.25. The molecule has 0 bridgehead atoms. The van der Waals surface area contributed by atoms with Gasteiger partial charge in [-0.25, -0.2) is 0 Å². The highest BCUT2D eigenvalue weighted by atomic mass is 31.2. The van der Waals surface area contributed by atoms with Gasteiger partial charge in [-0.05, 0) is 25.1 Å². The van der Waals surface area contributed by atoms with E-state index in [1.165, 1.54) is 0 Å². The minimum atomic E-state index is -3.18. The molecule has 4 rings (SSSR count). The van der Waals surface area contributed by atoms with Gasteiger partial charge in [-0.2, -0.15) is 0 Å². The van der Waals surface area contributed by atoms with Crippen LogP contribution in [-0.4, -0.2) is 18.2 Å². The van der Waals surface area contributed by atoms with Crippen molar-refractivity contribution in [3.05, 3.63) is 84.4 Å². The van der Waals surface area contributed by atoms with Crippen LogP contribution >= 0.6 is 7.14 Å². The van der Waals surface area contributed by atoms with E-state index < -0.39 is 12.8 Å². The van der Waals surface area contributed by atoms with Crippen molar-refractivity contribution >= 4 is 23.5 Å². The van der Waals surface area contributed by atoms with Crippen LogP contribution in [0, 0.1) is 0 Å². The lowest BCUT2D eigenvalue weighted by Gasteiger charge is -2.25. The van der Waals surface area contributed by atoms with Gasteiger partial charge >= 0.3 is 0 Å². The van der Waals surface area contributed by atoms with Crippen LogP contribution in [0.2, 0.25) is 0 Å². The summed E-state index contributed by atoms with van der Waals surface area (Å²) in [5.74, 6) is 0.986. The number of hydrogen-bond donors (Lipinski definition) is 0. The fraction of sp³-hybridized carbons (Fsp3) is 0.136. The predicted molar refractivity (Wildman–Crippen MR) is 106 cm³/mol. The number of hydrogen-bond acceptors (Lipinski definition) is 4. The quantitative estimate of drug-likeness (QED) is 0.497. The lowest BCUT2D eigenvalue weighted by molar-refractivity contribution is 0.0991. The number of ether oxygens (including phenoxy) is 2. The van der Waals surface area contributed by atoms with Gasteiger partial charge in [0.2, 0.25) is 6.79 Å². The van der Waals surface area contributed by atoms with Gasteiger partial charge in [0.05, 0.1) is 5.66 Å². The van der Waals surface area contributed by atoms with Crippen molar-refractivity contribution in [1.29, 1.82) is 0 Å². The van der Waals surface area contributed by atoms with E-state index in [0.29, 0.717) is 27.7 Å². The van der Waals surface area contributed by atoms with Crippen LogP contribution in [0.15, 0.2) is 78.9 Å². The Kier molecular flexibility index (Phi) is 4.59. The lowest BCUT2D eigenvalue weighted by Crippen LogP contribution is -2.29. The summed E-state index contributed by atoms with van der Waals surface area (Å²) in [5.41, 5.74) is -0.235. The molecule has 0 aromatic heterocycles. The van der Waals surface area contributed by atoms with Gasteiger partial charge in [0.25, 0.3) is 0 Å². The van der Waals surface area contributed by atoms with Crippen molar-refractivity contribution in [2.75, 3.05) is 6.79 Å². The van der Waals surface area contributed by atoms with Gasteiger partial charge in [0.15, 0.2) is 24.4 Å². The van der Waals surface area contributed by atoms with Crippen LogP contribution in [0.5, 0.6) is 11.5 Å². The summed E-state index contributed by atoms with van der Waals surface area (Å²) in [5, 5.41) is 1.36. The first-order valence-corrected chi connectivity index (χ1v) is 10.5. The number of rotatable bonds is 5. The topological polar surface area (TPSA) is 52.6 Å². The fourth-order valence-electron chi connectivity index (χ4n) is 3.35. The van der Waals surface area contributed by atoms with Crippen LogP contribution in [0.1, 0.15) is 17.3 Å². The number of benzene rings is 3. The van der Waals surface area contributed by atoms with Crippen LogP contribution < -0.4 is 20.1 Å². The predicted octanol–water partition coefficient (Wildman–Crippen LogP) is 4.00. The first-order valence-electron chi connectivity index (χ1n) is 8.75. The molecule has 1 heterocycles. The summed E-state index contributed by atoms with van der Waals surface area (Å²) >= 11 is 0. The smallest absolute Gasteiger partial charge is 0.231 e. The maximum atomic E-state index is 14.3. The molecular weight excluding hydrogens is 359 g/mol. The zero-order valence-electron chi connectivity index (χ0n) is 14.9. The first-order chi connectivity index (χ1) is 13.1. The molecule has 0 saturated heterocycles. The molecule has 1 unspecified atom stereocenters.